The van der Waals surface area contributed by atoms with Crippen LogP contribution in [0.3, 0.4) is 0 Å². The van der Waals surface area contributed by atoms with Crippen molar-refractivity contribution in [1.29, 1.82) is 0 Å². The first-order valence-corrected chi connectivity index (χ1v) is 8.75. The maximum atomic E-state index is 12.3. The van der Waals surface area contributed by atoms with E-state index in [2.05, 4.69) is 62.4 Å². The van der Waals surface area contributed by atoms with Crippen LogP contribution in [0.5, 0.6) is 0 Å². The number of nitrogens with zero attached hydrogens (tertiary/aromatic N) is 2. The molecule has 1 aromatic carbocycles. The number of rotatable bonds is 5. The normalized spacial score (nSPS) is 12.9. The van der Waals surface area contributed by atoms with Gasteiger partial charge in [0.2, 0.25) is 0 Å². The number of hydrogen-bond acceptors (Lipinski definition) is 2. The SMILES string of the molecule is CC[C@@H](C)NC(=O)c1cc(-c2ccc(C(C)(C)C)cc2)n(CC)n1. The van der Waals surface area contributed by atoms with Crippen molar-refractivity contribution in [2.75, 3.05) is 0 Å². The molecule has 1 atom stereocenters. The Hall–Kier alpha value is -2.10. The van der Waals surface area contributed by atoms with Crippen molar-refractivity contribution in [1.82, 2.24) is 15.1 Å². The highest BCUT2D eigenvalue weighted by Gasteiger charge is 2.17. The van der Waals surface area contributed by atoms with Gasteiger partial charge in [-0.1, -0.05) is 52.0 Å². The number of benzene rings is 1. The second-order valence-corrected chi connectivity index (χ2v) is 7.34. The molecule has 0 unspecified atom stereocenters. The molecule has 0 aliphatic carbocycles. The zero-order valence-corrected chi connectivity index (χ0v) is 15.7. The lowest BCUT2D eigenvalue weighted by Crippen LogP contribution is -2.32. The quantitative estimate of drug-likeness (QED) is 0.885. The Morgan fingerprint density at radius 2 is 1.83 bits per heavy atom. The first-order valence-electron chi connectivity index (χ1n) is 8.75. The molecular formula is C20H29N3O. The van der Waals surface area contributed by atoms with Gasteiger partial charge in [-0.15, -0.1) is 0 Å². The van der Waals surface area contributed by atoms with E-state index in [9.17, 15) is 4.79 Å². The molecule has 1 amide bonds. The molecule has 24 heavy (non-hydrogen) atoms. The number of carbonyl (C=O) groups is 1. The minimum Gasteiger partial charge on any atom is -0.348 e. The largest absolute Gasteiger partial charge is 0.348 e. The lowest BCUT2D eigenvalue weighted by Gasteiger charge is -2.19. The summed E-state index contributed by atoms with van der Waals surface area (Å²) in [6, 6.07) is 10.6. The molecular weight excluding hydrogens is 298 g/mol. The molecule has 4 heteroatoms. The van der Waals surface area contributed by atoms with E-state index in [1.54, 1.807) is 0 Å². The predicted molar refractivity (Wildman–Crippen MR) is 99.3 cm³/mol. The highest BCUT2D eigenvalue weighted by Crippen LogP contribution is 2.26. The van der Waals surface area contributed by atoms with Crippen LogP contribution in [0.15, 0.2) is 30.3 Å². The molecule has 0 saturated carbocycles. The topological polar surface area (TPSA) is 46.9 Å². The number of aromatic nitrogens is 2. The van der Waals surface area contributed by atoms with Gasteiger partial charge in [0, 0.05) is 12.6 Å². The van der Waals surface area contributed by atoms with Gasteiger partial charge in [-0.05, 0) is 42.9 Å². The highest BCUT2D eigenvalue weighted by atomic mass is 16.2. The van der Waals surface area contributed by atoms with Gasteiger partial charge in [0.25, 0.3) is 5.91 Å². The lowest BCUT2D eigenvalue weighted by atomic mass is 9.86. The summed E-state index contributed by atoms with van der Waals surface area (Å²) in [6.07, 6.45) is 0.904. The molecule has 0 saturated heterocycles. The fraction of sp³-hybridized carbons (Fsp3) is 0.500. The first kappa shape index (κ1) is 18.2. The van der Waals surface area contributed by atoms with Gasteiger partial charge in [-0.3, -0.25) is 9.48 Å². The minimum atomic E-state index is -0.107. The summed E-state index contributed by atoms with van der Waals surface area (Å²) in [5.41, 5.74) is 3.97. The van der Waals surface area contributed by atoms with E-state index in [0.717, 1.165) is 24.2 Å². The summed E-state index contributed by atoms with van der Waals surface area (Å²) in [4.78, 5) is 12.3. The van der Waals surface area contributed by atoms with Gasteiger partial charge in [0.05, 0.1) is 5.69 Å². The Morgan fingerprint density at radius 3 is 2.33 bits per heavy atom. The summed E-state index contributed by atoms with van der Waals surface area (Å²) in [5.74, 6) is -0.107. The standard InChI is InChI=1S/C20H29N3O/c1-7-14(3)21-19(24)17-13-18(23(8-2)22-17)15-9-11-16(12-10-15)20(4,5)6/h9-14H,7-8H2,1-6H3,(H,21,24)/t14-/m1/s1. The van der Waals surface area contributed by atoms with Crippen molar-refractivity contribution >= 4 is 5.91 Å². The second-order valence-electron chi connectivity index (χ2n) is 7.34. The summed E-state index contributed by atoms with van der Waals surface area (Å²) in [6.45, 7) is 13.4. The molecule has 4 nitrogen and oxygen atoms in total. The van der Waals surface area contributed by atoms with Crippen LogP contribution in [0.1, 0.15) is 64.0 Å². The second kappa shape index (κ2) is 7.20. The average Bonchev–Trinajstić information content (AvgIpc) is 2.98. The van der Waals surface area contributed by atoms with Gasteiger partial charge in [-0.25, -0.2) is 0 Å². The Labute approximate surface area is 145 Å². The summed E-state index contributed by atoms with van der Waals surface area (Å²) < 4.78 is 1.89. The number of amides is 1. The van der Waals surface area contributed by atoms with Crippen LogP contribution >= 0.6 is 0 Å². The van der Waals surface area contributed by atoms with Crippen LogP contribution in [0.2, 0.25) is 0 Å². The van der Waals surface area contributed by atoms with Crippen LogP contribution in [0, 0.1) is 0 Å². The van der Waals surface area contributed by atoms with Crippen molar-refractivity contribution in [2.24, 2.45) is 0 Å². The smallest absolute Gasteiger partial charge is 0.272 e. The maximum absolute atomic E-state index is 12.3. The molecule has 1 heterocycles. The molecule has 1 aromatic heterocycles. The molecule has 2 rings (SSSR count). The third-order valence-electron chi connectivity index (χ3n) is 4.35. The molecule has 0 aliphatic heterocycles. The van der Waals surface area contributed by atoms with E-state index >= 15 is 0 Å². The molecule has 0 spiro atoms. The average molecular weight is 327 g/mol. The van der Waals surface area contributed by atoms with Crippen molar-refractivity contribution in [3.8, 4) is 11.3 Å². The molecule has 0 radical (unpaired) electrons. The third-order valence-corrected chi connectivity index (χ3v) is 4.35. The number of hydrogen-bond donors (Lipinski definition) is 1. The van der Waals surface area contributed by atoms with Gasteiger partial charge in [-0.2, -0.15) is 5.10 Å². The number of carbonyl (C=O) groups excluding carboxylic acids is 1. The van der Waals surface area contributed by atoms with Crippen LogP contribution in [0.4, 0.5) is 0 Å². The first-order chi connectivity index (χ1) is 11.3. The minimum absolute atomic E-state index is 0.107. The van der Waals surface area contributed by atoms with E-state index in [1.807, 2.05) is 24.6 Å². The maximum Gasteiger partial charge on any atom is 0.272 e. The van der Waals surface area contributed by atoms with E-state index in [4.69, 9.17) is 0 Å². The Morgan fingerprint density at radius 1 is 1.21 bits per heavy atom. The van der Waals surface area contributed by atoms with E-state index < -0.39 is 0 Å². The molecule has 0 aliphatic rings. The van der Waals surface area contributed by atoms with Crippen LogP contribution in [-0.2, 0) is 12.0 Å². The third kappa shape index (κ3) is 4.05. The van der Waals surface area contributed by atoms with Gasteiger partial charge < -0.3 is 5.32 Å². The predicted octanol–water partition coefficient (Wildman–Crippen LogP) is 4.40. The van der Waals surface area contributed by atoms with Gasteiger partial charge in [0.1, 0.15) is 0 Å². The van der Waals surface area contributed by atoms with E-state index in [-0.39, 0.29) is 17.4 Å². The Bertz CT molecular complexity index is 693. The number of aryl methyl sites for hydroxylation is 1. The zero-order valence-electron chi connectivity index (χ0n) is 15.7. The molecule has 2 aromatic rings. The Balaban J connectivity index is 2.32. The van der Waals surface area contributed by atoms with Crippen LogP contribution < -0.4 is 5.32 Å². The zero-order chi connectivity index (χ0) is 17.9. The molecule has 1 N–H and O–H groups in total. The van der Waals surface area contributed by atoms with Crippen LogP contribution in [0.25, 0.3) is 11.3 Å². The van der Waals surface area contributed by atoms with Crippen LogP contribution in [-0.4, -0.2) is 21.7 Å². The summed E-state index contributed by atoms with van der Waals surface area (Å²) in [7, 11) is 0. The summed E-state index contributed by atoms with van der Waals surface area (Å²) in [5, 5.41) is 7.44. The van der Waals surface area contributed by atoms with Crippen molar-refractivity contribution < 1.29 is 4.79 Å². The van der Waals surface area contributed by atoms with Gasteiger partial charge in [0.15, 0.2) is 5.69 Å². The Kier molecular flexibility index (Phi) is 5.47. The number of nitrogens with one attached hydrogen (secondary N) is 1. The van der Waals surface area contributed by atoms with Crippen molar-refractivity contribution in [3.63, 3.8) is 0 Å². The van der Waals surface area contributed by atoms with Crippen molar-refractivity contribution in [3.05, 3.63) is 41.6 Å². The fourth-order valence-electron chi connectivity index (χ4n) is 2.54. The monoisotopic (exact) mass is 327 g/mol. The molecule has 0 fully saturated rings. The summed E-state index contributed by atoms with van der Waals surface area (Å²) >= 11 is 0. The lowest BCUT2D eigenvalue weighted by molar-refractivity contribution is 0.0933. The van der Waals surface area contributed by atoms with Crippen molar-refractivity contribution in [2.45, 2.75) is 66.0 Å². The highest BCUT2D eigenvalue weighted by molar-refractivity contribution is 5.93. The van der Waals surface area contributed by atoms with E-state index in [1.165, 1.54) is 5.56 Å². The molecule has 130 valence electrons. The van der Waals surface area contributed by atoms with E-state index in [0.29, 0.717) is 5.69 Å². The molecule has 0 bridgehead atoms. The fourth-order valence-corrected chi connectivity index (χ4v) is 2.54. The van der Waals surface area contributed by atoms with Gasteiger partial charge >= 0.3 is 0 Å².